The molecule has 5 nitrogen and oxygen atoms in total. The van der Waals surface area contributed by atoms with Crippen LogP contribution in [0, 0.1) is 6.92 Å². The van der Waals surface area contributed by atoms with Gasteiger partial charge in [-0.05, 0) is 31.5 Å². The number of methoxy groups -OCH3 is 1. The molecule has 0 amide bonds. The summed E-state index contributed by atoms with van der Waals surface area (Å²) < 4.78 is 10.6. The Balaban J connectivity index is 2.26. The standard InChI is InChI=1S/C15H18ClN3O2/c1-4-21-9-15-18-13(16)8-14(19-15)17-11-7-10(2)5-6-12(11)20-3/h5-8H,4,9H2,1-3H3,(H,17,18,19). The van der Waals surface area contributed by atoms with Crippen molar-refractivity contribution in [2.75, 3.05) is 19.0 Å². The zero-order valence-corrected chi connectivity index (χ0v) is 13.1. The second kappa shape index (κ2) is 7.24. The second-order valence-corrected chi connectivity index (χ2v) is 4.85. The molecule has 0 saturated heterocycles. The van der Waals surface area contributed by atoms with Gasteiger partial charge in [0.25, 0.3) is 0 Å². The number of halogens is 1. The van der Waals surface area contributed by atoms with E-state index >= 15 is 0 Å². The van der Waals surface area contributed by atoms with Crippen molar-refractivity contribution in [2.45, 2.75) is 20.5 Å². The summed E-state index contributed by atoms with van der Waals surface area (Å²) in [6.07, 6.45) is 0. The third kappa shape index (κ3) is 4.31. The molecule has 0 aliphatic carbocycles. The van der Waals surface area contributed by atoms with Crippen LogP contribution in [0.3, 0.4) is 0 Å². The number of rotatable bonds is 6. The first kappa shape index (κ1) is 15.5. The first-order valence-corrected chi connectivity index (χ1v) is 7.03. The average molecular weight is 308 g/mol. The van der Waals surface area contributed by atoms with E-state index in [-0.39, 0.29) is 0 Å². The Bertz CT molecular complexity index is 620. The fraction of sp³-hybridized carbons (Fsp3) is 0.333. The van der Waals surface area contributed by atoms with Gasteiger partial charge in [-0.3, -0.25) is 0 Å². The van der Waals surface area contributed by atoms with Crippen LogP contribution in [0.4, 0.5) is 11.5 Å². The van der Waals surface area contributed by atoms with Gasteiger partial charge in [-0.25, -0.2) is 9.97 Å². The van der Waals surface area contributed by atoms with Gasteiger partial charge in [-0.1, -0.05) is 17.7 Å². The van der Waals surface area contributed by atoms with Crippen LogP contribution >= 0.6 is 11.6 Å². The number of hydrogen-bond donors (Lipinski definition) is 1. The number of nitrogens with zero attached hydrogens (tertiary/aromatic N) is 2. The minimum atomic E-state index is 0.330. The summed E-state index contributed by atoms with van der Waals surface area (Å²) >= 11 is 6.02. The van der Waals surface area contributed by atoms with Crippen molar-refractivity contribution in [3.63, 3.8) is 0 Å². The monoisotopic (exact) mass is 307 g/mol. The van der Waals surface area contributed by atoms with Crippen molar-refractivity contribution >= 4 is 23.1 Å². The molecule has 1 N–H and O–H groups in total. The summed E-state index contributed by atoms with van der Waals surface area (Å²) in [5.41, 5.74) is 1.95. The first-order chi connectivity index (χ1) is 10.1. The number of anilines is 2. The minimum absolute atomic E-state index is 0.330. The van der Waals surface area contributed by atoms with Crippen LogP contribution in [0.2, 0.25) is 5.15 Å². The highest BCUT2D eigenvalue weighted by molar-refractivity contribution is 6.29. The van der Waals surface area contributed by atoms with E-state index in [1.807, 2.05) is 32.0 Å². The predicted octanol–water partition coefficient (Wildman–Crippen LogP) is 3.73. The molecule has 0 aliphatic heterocycles. The zero-order valence-electron chi connectivity index (χ0n) is 12.3. The van der Waals surface area contributed by atoms with Crippen molar-refractivity contribution in [3.8, 4) is 5.75 Å². The van der Waals surface area contributed by atoms with Gasteiger partial charge in [-0.2, -0.15) is 0 Å². The number of aryl methyl sites for hydroxylation is 1. The van der Waals surface area contributed by atoms with Crippen molar-refractivity contribution < 1.29 is 9.47 Å². The summed E-state index contributed by atoms with van der Waals surface area (Å²) in [5.74, 6) is 1.88. The van der Waals surface area contributed by atoms with E-state index < -0.39 is 0 Å². The Morgan fingerprint density at radius 1 is 1.24 bits per heavy atom. The van der Waals surface area contributed by atoms with Crippen LogP contribution < -0.4 is 10.1 Å². The molecule has 2 aromatic rings. The van der Waals surface area contributed by atoms with Crippen molar-refractivity contribution in [3.05, 3.63) is 40.8 Å². The third-order valence-corrected chi connectivity index (χ3v) is 2.99. The molecule has 0 bridgehead atoms. The Morgan fingerprint density at radius 2 is 2.05 bits per heavy atom. The van der Waals surface area contributed by atoms with Crippen LogP contribution in [-0.4, -0.2) is 23.7 Å². The Labute approximate surface area is 129 Å². The SMILES string of the molecule is CCOCc1nc(Cl)cc(Nc2cc(C)ccc2OC)n1. The Kier molecular flexibility index (Phi) is 5.36. The number of hydrogen-bond acceptors (Lipinski definition) is 5. The summed E-state index contributed by atoms with van der Waals surface area (Å²) in [5, 5.41) is 3.58. The normalized spacial score (nSPS) is 10.5. The molecule has 112 valence electrons. The molecule has 0 saturated carbocycles. The highest BCUT2D eigenvalue weighted by Crippen LogP contribution is 2.28. The molecule has 6 heteroatoms. The maximum absolute atomic E-state index is 6.02. The van der Waals surface area contributed by atoms with Gasteiger partial charge in [0.2, 0.25) is 0 Å². The number of benzene rings is 1. The van der Waals surface area contributed by atoms with Gasteiger partial charge < -0.3 is 14.8 Å². The minimum Gasteiger partial charge on any atom is -0.495 e. The van der Waals surface area contributed by atoms with E-state index in [0.29, 0.717) is 30.0 Å². The van der Waals surface area contributed by atoms with E-state index in [0.717, 1.165) is 17.0 Å². The van der Waals surface area contributed by atoms with Gasteiger partial charge in [0.15, 0.2) is 5.82 Å². The van der Waals surface area contributed by atoms with Gasteiger partial charge in [-0.15, -0.1) is 0 Å². The molecule has 0 aliphatic rings. The van der Waals surface area contributed by atoms with E-state index in [4.69, 9.17) is 21.1 Å². The largest absolute Gasteiger partial charge is 0.495 e. The van der Waals surface area contributed by atoms with Gasteiger partial charge in [0.1, 0.15) is 23.3 Å². The maximum atomic E-state index is 6.02. The Hall–Kier alpha value is -1.85. The topological polar surface area (TPSA) is 56.3 Å². The molecule has 1 heterocycles. The molecule has 0 fully saturated rings. The number of aromatic nitrogens is 2. The van der Waals surface area contributed by atoms with Crippen LogP contribution in [0.15, 0.2) is 24.3 Å². The van der Waals surface area contributed by atoms with Crippen LogP contribution in [-0.2, 0) is 11.3 Å². The lowest BCUT2D eigenvalue weighted by molar-refractivity contribution is 0.128. The molecular formula is C15H18ClN3O2. The Morgan fingerprint density at radius 3 is 2.76 bits per heavy atom. The van der Waals surface area contributed by atoms with Crippen LogP contribution in [0.25, 0.3) is 0 Å². The third-order valence-electron chi connectivity index (χ3n) is 2.79. The fourth-order valence-electron chi connectivity index (χ4n) is 1.84. The van der Waals surface area contributed by atoms with E-state index in [9.17, 15) is 0 Å². The molecule has 0 radical (unpaired) electrons. The smallest absolute Gasteiger partial charge is 0.158 e. The van der Waals surface area contributed by atoms with Gasteiger partial charge in [0.05, 0.1) is 12.8 Å². The molecule has 21 heavy (non-hydrogen) atoms. The lowest BCUT2D eigenvalue weighted by Crippen LogP contribution is -2.03. The van der Waals surface area contributed by atoms with E-state index in [1.54, 1.807) is 13.2 Å². The van der Waals surface area contributed by atoms with Crippen molar-refractivity contribution in [2.24, 2.45) is 0 Å². The summed E-state index contributed by atoms with van der Waals surface area (Å²) in [4.78, 5) is 8.52. The predicted molar refractivity (Wildman–Crippen MR) is 83.4 cm³/mol. The second-order valence-electron chi connectivity index (χ2n) is 4.46. The summed E-state index contributed by atoms with van der Waals surface area (Å²) in [6, 6.07) is 7.54. The van der Waals surface area contributed by atoms with Crippen molar-refractivity contribution in [1.29, 1.82) is 0 Å². The van der Waals surface area contributed by atoms with Gasteiger partial charge in [0, 0.05) is 12.7 Å². The fourth-order valence-corrected chi connectivity index (χ4v) is 2.05. The quantitative estimate of drug-likeness (QED) is 0.824. The molecular weight excluding hydrogens is 290 g/mol. The maximum Gasteiger partial charge on any atom is 0.158 e. The van der Waals surface area contributed by atoms with Gasteiger partial charge >= 0.3 is 0 Å². The molecule has 1 aromatic carbocycles. The first-order valence-electron chi connectivity index (χ1n) is 6.65. The molecule has 0 spiro atoms. The average Bonchev–Trinajstić information content (AvgIpc) is 2.45. The zero-order chi connectivity index (χ0) is 15.2. The van der Waals surface area contributed by atoms with Crippen LogP contribution in [0.5, 0.6) is 5.75 Å². The lowest BCUT2D eigenvalue weighted by atomic mass is 10.2. The molecule has 2 rings (SSSR count). The summed E-state index contributed by atoms with van der Waals surface area (Å²) in [7, 11) is 1.63. The molecule has 1 aromatic heterocycles. The van der Waals surface area contributed by atoms with E-state index in [2.05, 4.69) is 15.3 Å². The number of nitrogens with one attached hydrogen (secondary N) is 1. The molecule has 0 atom stereocenters. The number of ether oxygens (including phenoxy) is 2. The summed E-state index contributed by atoms with van der Waals surface area (Å²) in [6.45, 7) is 4.86. The van der Waals surface area contributed by atoms with E-state index in [1.165, 1.54) is 0 Å². The van der Waals surface area contributed by atoms with Crippen molar-refractivity contribution in [1.82, 2.24) is 9.97 Å². The highest BCUT2D eigenvalue weighted by atomic mass is 35.5. The molecule has 0 unspecified atom stereocenters. The lowest BCUT2D eigenvalue weighted by Gasteiger charge is -2.12. The van der Waals surface area contributed by atoms with Crippen LogP contribution in [0.1, 0.15) is 18.3 Å². The highest BCUT2D eigenvalue weighted by Gasteiger charge is 2.07.